The Bertz CT molecular complexity index is 2150. The normalized spacial score (nSPS) is 11.8. The third-order valence-electron chi connectivity index (χ3n) is 8.74. The molecule has 0 aliphatic rings. The second-order valence-electron chi connectivity index (χ2n) is 14.0. The summed E-state index contributed by atoms with van der Waals surface area (Å²) < 4.78 is 38.8. The standard InChI is InChI=1S/C25H24ClFO.C13H11O.C12H13BrClF.2CH4.BrH.Zn/c1-18(2)25(20-11-13-21(26)14-12-20)17-22(27)15-19-7-6-10-24(16-19)28-23-8-4-3-5-9-23;1-11-6-5-9-13(10-11)14-12-7-3-2-4-8-12;1-8(2)11(7-12(13)15)9-3-5-10(14)6-4-9;;;;/h3-14,16-18,25H,15H2,1-2H3;2-10H,1H2;3-8,11H,1-2H3;2*1H4;1H;/q;-1;;;;;+2/p-1/b22-17-;;;;;;. The van der Waals surface area contributed by atoms with Gasteiger partial charge in [0.25, 0.3) is 0 Å². The molecule has 0 aromatic heterocycles. The fourth-order valence-electron chi connectivity index (χ4n) is 5.88. The molecule has 0 amide bonds. The van der Waals surface area contributed by atoms with Gasteiger partial charge in [0.1, 0.15) is 23.1 Å². The van der Waals surface area contributed by atoms with E-state index < -0.39 is 0 Å². The van der Waals surface area contributed by atoms with Crippen LogP contribution < -0.4 is 9.47 Å². The van der Waals surface area contributed by atoms with Crippen LogP contribution in [-0.4, -0.2) is 0 Å². The number of ether oxygens (including phenoxy) is 2. The van der Waals surface area contributed by atoms with Crippen LogP contribution >= 0.6 is 52.8 Å². The Morgan fingerprint density at radius 3 is 1.38 bits per heavy atom. The molecule has 0 N–H and O–H groups in total. The summed E-state index contributed by atoms with van der Waals surface area (Å²) in [7, 11) is 0. The van der Waals surface area contributed by atoms with Gasteiger partial charge in [-0.15, -0.1) is 12.1 Å². The predicted molar refractivity (Wildman–Crippen MR) is 262 cm³/mol. The van der Waals surface area contributed by atoms with Gasteiger partial charge >= 0.3 is 30.0 Å². The number of benzene rings is 6. The topological polar surface area (TPSA) is 18.5 Å². The van der Waals surface area contributed by atoms with Crippen molar-refractivity contribution in [2.45, 2.75) is 60.8 Å². The van der Waals surface area contributed by atoms with Gasteiger partial charge in [-0.3, -0.25) is 0 Å². The molecule has 320 valence electrons. The van der Waals surface area contributed by atoms with Gasteiger partial charge in [-0.25, -0.2) is 4.39 Å². The average Bonchev–Trinajstić information content (AvgIpc) is 3.22. The first kappa shape index (κ1) is 55.3. The molecule has 2 nitrogen and oxygen atoms in total. The van der Waals surface area contributed by atoms with E-state index >= 15 is 0 Å². The zero-order valence-corrected chi connectivity index (χ0v) is 41.3. The van der Waals surface area contributed by atoms with E-state index in [2.05, 4.69) is 64.2 Å². The second-order valence-corrected chi connectivity index (χ2v) is 15.6. The summed E-state index contributed by atoms with van der Waals surface area (Å²) in [4.78, 5) is 0. The summed E-state index contributed by atoms with van der Waals surface area (Å²) in [5.41, 5.74) is 3.97. The zero-order chi connectivity index (χ0) is 43.2. The summed E-state index contributed by atoms with van der Waals surface area (Å²) in [6, 6.07) is 49.7. The SMILES string of the molecule is C.C.CC(C)C(/C=C(\F)Cc1cccc(Oc2ccccc2)c1)c1ccc(Cl)cc1.CC(C)C(C=C(F)Br)c1ccc(Cl)cc1.[CH2-]c1cccc(Oc2ccccc2)c1.[Zn+][Br]. The molecular formula is C52H56Br2Cl2F2O2Zn. The van der Waals surface area contributed by atoms with Gasteiger partial charge in [-0.2, -0.15) is 22.9 Å². The van der Waals surface area contributed by atoms with Crippen LogP contribution in [0.25, 0.3) is 0 Å². The third kappa shape index (κ3) is 21.3. The van der Waals surface area contributed by atoms with Crippen LogP contribution in [0.4, 0.5) is 8.78 Å². The molecule has 0 radical (unpaired) electrons. The van der Waals surface area contributed by atoms with Crippen molar-refractivity contribution in [3.63, 3.8) is 0 Å². The average molecular weight is 1050 g/mol. The predicted octanol–water partition coefficient (Wildman–Crippen LogP) is 19.0. The molecule has 0 bridgehead atoms. The molecule has 0 heterocycles. The number of rotatable bonds is 12. The number of para-hydroxylation sites is 2. The molecule has 0 spiro atoms. The Hall–Kier alpha value is -3.71. The Morgan fingerprint density at radius 2 is 0.967 bits per heavy atom. The van der Waals surface area contributed by atoms with Crippen LogP contribution in [-0.2, 0) is 22.8 Å². The van der Waals surface area contributed by atoms with Crippen molar-refractivity contribution < 1.29 is 34.6 Å². The van der Waals surface area contributed by atoms with Gasteiger partial charge in [0.15, 0.2) is 4.74 Å². The summed E-state index contributed by atoms with van der Waals surface area (Å²) in [6.07, 6.45) is 3.54. The van der Waals surface area contributed by atoms with E-state index in [0.717, 1.165) is 39.5 Å². The molecule has 2 unspecified atom stereocenters. The van der Waals surface area contributed by atoms with E-state index in [4.69, 9.17) is 32.7 Å². The Kier molecular flexibility index (Phi) is 27.5. The van der Waals surface area contributed by atoms with Gasteiger partial charge in [0, 0.05) is 28.3 Å². The molecular weight excluding hydrogens is 991 g/mol. The van der Waals surface area contributed by atoms with Crippen LogP contribution in [0.1, 0.15) is 76.6 Å². The minimum atomic E-state index is -0.323. The summed E-state index contributed by atoms with van der Waals surface area (Å²) in [6.45, 7) is 12.2. The van der Waals surface area contributed by atoms with Crippen LogP contribution in [0.5, 0.6) is 23.0 Å². The molecule has 0 fully saturated rings. The Balaban J connectivity index is 0.000000479. The van der Waals surface area contributed by atoms with Crippen molar-refractivity contribution >= 4 is 52.8 Å². The van der Waals surface area contributed by atoms with Crippen LogP contribution in [0.15, 0.2) is 180 Å². The molecule has 6 aromatic rings. The van der Waals surface area contributed by atoms with E-state index in [0.29, 0.717) is 21.7 Å². The zero-order valence-electron chi connectivity index (χ0n) is 33.7. The molecule has 6 rings (SSSR count). The maximum atomic E-state index is 14.8. The van der Waals surface area contributed by atoms with Crippen molar-refractivity contribution in [2.24, 2.45) is 11.8 Å². The van der Waals surface area contributed by atoms with E-state index in [1.807, 2.05) is 158 Å². The molecule has 0 saturated carbocycles. The number of hydrogen-bond acceptors (Lipinski definition) is 2. The molecule has 9 heteroatoms. The van der Waals surface area contributed by atoms with Crippen molar-refractivity contribution in [2.75, 3.05) is 0 Å². The first-order chi connectivity index (χ1) is 28.4. The van der Waals surface area contributed by atoms with Crippen molar-refractivity contribution in [3.8, 4) is 23.0 Å². The van der Waals surface area contributed by atoms with Crippen LogP contribution in [0, 0.1) is 18.8 Å². The third-order valence-corrected chi connectivity index (χ3v) is 9.51. The monoisotopic (exact) mass is 1040 g/mol. The quantitative estimate of drug-likeness (QED) is 0.0898. The fourth-order valence-corrected chi connectivity index (χ4v) is 6.42. The van der Waals surface area contributed by atoms with E-state index in [-0.39, 0.29) is 49.6 Å². The van der Waals surface area contributed by atoms with Crippen LogP contribution in [0.3, 0.4) is 0 Å². The first-order valence-corrected chi connectivity index (χ1v) is 27.5. The number of halogens is 6. The van der Waals surface area contributed by atoms with E-state index in [1.165, 1.54) is 16.3 Å². The molecule has 2 atom stereocenters. The summed E-state index contributed by atoms with van der Waals surface area (Å²) in [5.74, 6) is 3.68. The molecule has 0 saturated heterocycles. The second kappa shape index (κ2) is 30.4. The minimum absolute atomic E-state index is 0. The van der Waals surface area contributed by atoms with Gasteiger partial charge in [-0.1, -0.05) is 139 Å². The Labute approximate surface area is 399 Å². The van der Waals surface area contributed by atoms with E-state index in [9.17, 15) is 8.78 Å². The molecule has 6 aromatic carbocycles. The van der Waals surface area contributed by atoms with Gasteiger partial charge in [0.05, 0.1) is 5.75 Å². The molecule has 0 aliphatic carbocycles. The maximum absolute atomic E-state index is 14.8. The van der Waals surface area contributed by atoms with Gasteiger partial charge < -0.3 is 9.47 Å². The van der Waals surface area contributed by atoms with E-state index in [1.54, 1.807) is 12.2 Å². The van der Waals surface area contributed by atoms with Crippen molar-refractivity contribution in [3.05, 3.63) is 220 Å². The fraction of sp³-hybridized carbons (Fsp3) is 0.212. The van der Waals surface area contributed by atoms with Gasteiger partial charge in [0.2, 0.25) is 0 Å². The number of hydrogen-bond donors (Lipinski definition) is 0. The van der Waals surface area contributed by atoms with Crippen LogP contribution in [0.2, 0.25) is 10.0 Å². The van der Waals surface area contributed by atoms with Gasteiger partial charge in [-0.05, 0) is 123 Å². The van der Waals surface area contributed by atoms with Crippen molar-refractivity contribution in [1.82, 2.24) is 0 Å². The summed E-state index contributed by atoms with van der Waals surface area (Å²) in [5, 5.41) is 1.38. The molecule has 61 heavy (non-hydrogen) atoms. The first-order valence-electron chi connectivity index (χ1n) is 19.0. The summed E-state index contributed by atoms with van der Waals surface area (Å²) >= 11 is 18.9. The molecule has 0 aliphatic heterocycles. The van der Waals surface area contributed by atoms with Crippen molar-refractivity contribution in [1.29, 1.82) is 0 Å². The number of allylic oxidation sites excluding steroid dienone is 3. The Morgan fingerprint density at radius 1 is 0.574 bits per heavy atom.